The molecule has 4 N–H and O–H groups in total. The Balaban J connectivity index is 2.35. The van der Waals surface area contributed by atoms with Crippen LogP contribution in [-0.4, -0.2) is 18.2 Å². The van der Waals surface area contributed by atoms with E-state index in [2.05, 4.69) is 0 Å². The van der Waals surface area contributed by atoms with Crippen molar-refractivity contribution < 1.29 is 9.53 Å². The van der Waals surface area contributed by atoms with Crippen LogP contribution in [0.5, 0.6) is 0 Å². The molecule has 0 radical (unpaired) electrons. The number of hydrogen-bond donors (Lipinski definition) is 2. The van der Waals surface area contributed by atoms with Gasteiger partial charge in [-0.3, -0.25) is 0 Å². The third-order valence-electron chi connectivity index (χ3n) is 3.46. The van der Waals surface area contributed by atoms with Crippen molar-refractivity contribution in [2.45, 2.75) is 51.6 Å². The zero-order chi connectivity index (χ0) is 12.2. The van der Waals surface area contributed by atoms with Gasteiger partial charge in [-0.05, 0) is 64.3 Å². The van der Waals surface area contributed by atoms with E-state index < -0.39 is 11.7 Å². The molecule has 1 saturated carbocycles. The normalized spacial score (nSPS) is 26.4. The molecule has 0 aromatic rings. The summed E-state index contributed by atoms with van der Waals surface area (Å²) in [5.74, 6) is 1.33. The number of primary amides is 1. The quantitative estimate of drug-likeness (QED) is 0.772. The summed E-state index contributed by atoms with van der Waals surface area (Å²) in [6.07, 6.45) is 5.00. The Morgan fingerprint density at radius 3 is 2.19 bits per heavy atom. The van der Waals surface area contributed by atoms with Crippen LogP contribution in [0.2, 0.25) is 0 Å². The first-order valence-electron chi connectivity index (χ1n) is 6.11. The molecule has 0 saturated heterocycles. The summed E-state index contributed by atoms with van der Waals surface area (Å²) in [4.78, 5) is 10.7. The fourth-order valence-electron chi connectivity index (χ4n) is 2.68. The summed E-state index contributed by atoms with van der Waals surface area (Å²) >= 11 is 0. The molecule has 1 aliphatic rings. The van der Waals surface area contributed by atoms with Crippen molar-refractivity contribution >= 4 is 6.09 Å². The predicted molar refractivity (Wildman–Crippen MR) is 63.9 cm³/mol. The smallest absolute Gasteiger partial charge is 0.405 e. The average molecular weight is 228 g/mol. The second-order valence-corrected chi connectivity index (χ2v) is 5.51. The van der Waals surface area contributed by atoms with Gasteiger partial charge in [-0.1, -0.05) is 0 Å². The van der Waals surface area contributed by atoms with E-state index in [-0.39, 0.29) is 0 Å². The maximum absolute atomic E-state index is 10.7. The summed E-state index contributed by atoms with van der Waals surface area (Å²) in [5.41, 5.74) is 10.3. The first kappa shape index (κ1) is 13.3. The monoisotopic (exact) mass is 228 g/mol. The van der Waals surface area contributed by atoms with E-state index >= 15 is 0 Å². The molecule has 0 unspecified atom stereocenters. The zero-order valence-electron chi connectivity index (χ0n) is 10.4. The van der Waals surface area contributed by atoms with E-state index in [4.69, 9.17) is 16.2 Å². The van der Waals surface area contributed by atoms with Gasteiger partial charge < -0.3 is 16.2 Å². The molecule has 0 heterocycles. The Hall–Kier alpha value is -0.770. The van der Waals surface area contributed by atoms with E-state index in [0.717, 1.165) is 13.0 Å². The largest absolute Gasteiger partial charge is 0.444 e. The second kappa shape index (κ2) is 5.53. The molecule has 0 aromatic carbocycles. The van der Waals surface area contributed by atoms with Crippen molar-refractivity contribution in [3.8, 4) is 0 Å². The Bertz CT molecular complexity index is 233. The summed E-state index contributed by atoms with van der Waals surface area (Å²) in [6, 6.07) is 0. The van der Waals surface area contributed by atoms with E-state index in [1.165, 1.54) is 25.7 Å². The van der Waals surface area contributed by atoms with Gasteiger partial charge in [0.2, 0.25) is 0 Å². The third-order valence-corrected chi connectivity index (χ3v) is 3.46. The van der Waals surface area contributed by atoms with Gasteiger partial charge in [-0.15, -0.1) is 0 Å². The predicted octanol–water partition coefficient (Wildman–Crippen LogP) is 2.02. The van der Waals surface area contributed by atoms with Crippen molar-refractivity contribution in [2.75, 3.05) is 6.54 Å². The van der Waals surface area contributed by atoms with Crippen LogP contribution in [0, 0.1) is 11.8 Å². The highest BCUT2D eigenvalue weighted by Gasteiger charge is 2.29. The van der Waals surface area contributed by atoms with Crippen LogP contribution in [0.4, 0.5) is 4.79 Å². The molecule has 1 fully saturated rings. The van der Waals surface area contributed by atoms with E-state index in [9.17, 15) is 4.79 Å². The molecule has 0 aromatic heterocycles. The fourth-order valence-corrected chi connectivity index (χ4v) is 2.68. The Morgan fingerprint density at radius 1 is 1.25 bits per heavy atom. The average Bonchev–Trinajstić information content (AvgIpc) is 2.16. The molecular formula is C12H24N2O2. The van der Waals surface area contributed by atoms with Gasteiger partial charge in [-0.2, -0.15) is 0 Å². The van der Waals surface area contributed by atoms with E-state index in [0.29, 0.717) is 11.8 Å². The summed E-state index contributed by atoms with van der Waals surface area (Å²) < 4.78 is 5.11. The zero-order valence-corrected chi connectivity index (χ0v) is 10.4. The van der Waals surface area contributed by atoms with Crippen LogP contribution in [0.3, 0.4) is 0 Å². The van der Waals surface area contributed by atoms with Crippen molar-refractivity contribution in [1.29, 1.82) is 0 Å². The van der Waals surface area contributed by atoms with Gasteiger partial charge in [-0.25, -0.2) is 4.79 Å². The van der Waals surface area contributed by atoms with Gasteiger partial charge >= 0.3 is 6.09 Å². The molecule has 1 amide bonds. The standard InChI is InChI=1S/C12H24N2O2/c1-12(2,16-11(14)15)7-9-3-5-10(8-13)6-4-9/h9-10H,3-8,13H2,1-2H3,(H2,14,15)/t9-,10-. The number of nitrogens with two attached hydrogens (primary N) is 2. The van der Waals surface area contributed by atoms with Gasteiger partial charge in [0, 0.05) is 0 Å². The van der Waals surface area contributed by atoms with Gasteiger partial charge in [0.25, 0.3) is 0 Å². The fraction of sp³-hybridized carbons (Fsp3) is 0.917. The number of ether oxygens (including phenoxy) is 1. The SMILES string of the molecule is CC(C)(C[C@H]1CC[C@H](CN)CC1)OC(N)=O. The third kappa shape index (κ3) is 4.39. The molecule has 94 valence electrons. The molecule has 16 heavy (non-hydrogen) atoms. The Labute approximate surface area is 97.7 Å². The Kier molecular flexibility index (Phi) is 4.59. The highest BCUT2D eigenvalue weighted by molar-refractivity contribution is 5.65. The van der Waals surface area contributed by atoms with Crippen LogP contribution < -0.4 is 11.5 Å². The number of carbonyl (C=O) groups is 1. The lowest BCUT2D eigenvalue weighted by atomic mass is 9.77. The highest BCUT2D eigenvalue weighted by Crippen LogP contribution is 2.34. The number of carbonyl (C=O) groups excluding carboxylic acids is 1. The summed E-state index contributed by atoms with van der Waals surface area (Å²) in [6.45, 7) is 4.65. The first-order valence-corrected chi connectivity index (χ1v) is 6.11. The highest BCUT2D eigenvalue weighted by atomic mass is 16.6. The van der Waals surface area contributed by atoms with Crippen LogP contribution >= 0.6 is 0 Å². The van der Waals surface area contributed by atoms with Crippen LogP contribution in [0.15, 0.2) is 0 Å². The molecule has 4 nitrogen and oxygen atoms in total. The van der Waals surface area contributed by atoms with Crippen molar-refractivity contribution in [3.05, 3.63) is 0 Å². The second-order valence-electron chi connectivity index (χ2n) is 5.51. The lowest BCUT2D eigenvalue weighted by molar-refractivity contribution is 0.0200. The minimum atomic E-state index is -0.680. The number of rotatable bonds is 4. The van der Waals surface area contributed by atoms with Gasteiger partial charge in [0.1, 0.15) is 5.60 Å². The van der Waals surface area contributed by atoms with Crippen LogP contribution in [-0.2, 0) is 4.74 Å². The topological polar surface area (TPSA) is 78.3 Å². The minimum absolute atomic E-state index is 0.438. The number of hydrogen-bond acceptors (Lipinski definition) is 3. The molecule has 4 heteroatoms. The molecule has 1 aliphatic carbocycles. The molecule has 1 rings (SSSR count). The number of amides is 1. The van der Waals surface area contributed by atoms with Gasteiger partial charge in [0.05, 0.1) is 0 Å². The Morgan fingerprint density at radius 2 is 1.75 bits per heavy atom. The first-order chi connectivity index (χ1) is 7.43. The van der Waals surface area contributed by atoms with Crippen molar-refractivity contribution in [1.82, 2.24) is 0 Å². The van der Waals surface area contributed by atoms with Crippen LogP contribution in [0.25, 0.3) is 0 Å². The molecular weight excluding hydrogens is 204 g/mol. The van der Waals surface area contributed by atoms with E-state index in [1.54, 1.807) is 0 Å². The maximum Gasteiger partial charge on any atom is 0.405 e. The van der Waals surface area contributed by atoms with E-state index in [1.807, 2.05) is 13.8 Å². The van der Waals surface area contributed by atoms with Crippen molar-refractivity contribution in [3.63, 3.8) is 0 Å². The molecule has 0 spiro atoms. The molecule has 0 bridgehead atoms. The van der Waals surface area contributed by atoms with Crippen LogP contribution in [0.1, 0.15) is 46.0 Å². The summed E-state index contributed by atoms with van der Waals surface area (Å²) in [5, 5.41) is 0. The summed E-state index contributed by atoms with van der Waals surface area (Å²) in [7, 11) is 0. The molecule has 0 atom stereocenters. The van der Waals surface area contributed by atoms with Gasteiger partial charge in [0.15, 0.2) is 0 Å². The van der Waals surface area contributed by atoms with Crippen molar-refractivity contribution in [2.24, 2.45) is 23.3 Å². The maximum atomic E-state index is 10.7. The molecule has 0 aliphatic heterocycles. The lowest BCUT2D eigenvalue weighted by Crippen LogP contribution is -2.34. The lowest BCUT2D eigenvalue weighted by Gasteiger charge is -2.33. The minimum Gasteiger partial charge on any atom is -0.444 e.